The Morgan fingerprint density at radius 3 is 2.26 bits per heavy atom. The molecule has 2 amide bonds. The second kappa shape index (κ2) is 9.82. The molecule has 1 saturated heterocycles. The van der Waals surface area contributed by atoms with Crippen molar-refractivity contribution in [2.75, 3.05) is 55.0 Å². The zero-order valence-corrected chi connectivity index (χ0v) is 18.5. The topological polar surface area (TPSA) is 96.0 Å². The van der Waals surface area contributed by atoms with Crippen LogP contribution in [0.2, 0.25) is 0 Å². The fraction of sp³-hybridized carbons (Fsp3) is 0.364. The first-order chi connectivity index (χ1) is 14.8. The van der Waals surface area contributed by atoms with Crippen molar-refractivity contribution in [1.82, 2.24) is 4.90 Å². The molecule has 166 valence electrons. The normalized spacial score (nSPS) is 14.3. The maximum Gasteiger partial charge on any atom is 0.239 e. The van der Waals surface area contributed by atoms with Crippen LogP contribution in [-0.4, -0.2) is 69.9 Å². The van der Waals surface area contributed by atoms with Gasteiger partial charge >= 0.3 is 0 Å². The number of methoxy groups -OCH3 is 1. The molecule has 3 rings (SSSR count). The number of carbonyl (C=O) groups is 2. The SMILES string of the molecule is COc1ccccc1N1CCN(C(=O)CS(=O)(=O)CC(=O)Nc2ccc(C)cc2)CC1. The molecule has 1 fully saturated rings. The Morgan fingerprint density at radius 2 is 1.61 bits per heavy atom. The molecule has 1 heterocycles. The Kier molecular flexibility index (Phi) is 7.17. The minimum absolute atomic E-state index is 0.405. The van der Waals surface area contributed by atoms with Crippen LogP contribution in [0.1, 0.15) is 5.56 Å². The molecule has 1 aliphatic heterocycles. The van der Waals surface area contributed by atoms with E-state index in [1.807, 2.05) is 43.3 Å². The van der Waals surface area contributed by atoms with Crippen molar-refractivity contribution in [2.24, 2.45) is 0 Å². The van der Waals surface area contributed by atoms with E-state index in [1.54, 1.807) is 19.2 Å². The molecular weight excluding hydrogens is 418 g/mol. The number of benzene rings is 2. The predicted octanol–water partition coefficient (Wildman–Crippen LogP) is 1.71. The number of rotatable bonds is 7. The van der Waals surface area contributed by atoms with Gasteiger partial charge in [0.25, 0.3) is 0 Å². The van der Waals surface area contributed by atoms with Gasteiger partial charge < -0.3 is 19.9 Å². The zero-order valence-electron chi connectivity index (χ0n) is 17.7. The minimum atomic E-state index is -3.87. The van der Waals surface area contributed by atoms with Crippen LogP contribution in [0.4, 0.5) is 11.4 Å². The van der Waals surface area contributed by atoms with Crippen molar-refractivity contribution in [3.63, 3.8) is 0 Å². The van der Waals surface area contributed by atoms with E-state index in [0.717, 1.165) is 17.0 Å². The smallest absolute Gasteiger partial charge is 0.239 e. The van der Waals surface area contributed by atoms with Gasteiger partial charge in [0.1, 0.15) is 17.3 Å². The molecule has 31 heavy (non-hydrogen) atoms. The van der Waals surface area contributed by atoms with Crippen molar-refractivity contribution >= 4 is 33.0 Å². The van der Waals surface area contributed by atoms with Crippen LogP contribution in [0.5, 0.6) is 5.75 Å². The van der Waals surface area contributed by atoms with Gasteiger partial charge in [-0.15, -0.1) is 0 Å². The van der Waals surface area contributed by atoms with Crippen LogP contribution in [0, 0.1) is 6.92 Å². The predicted molar refractivity (Wildman–Crippen MR) is 120 cm³/mol. The lowest BCUT2D eigenvalue weighted by Gasteiger charge is -2.36. The highest BCUT2D eigenvalue weighted by molar-refractivity contribution is 7.92. The molecule has 9 heteroatoms. The summed E-state index contributed by atoms with van der Waals surface area (Å²) in [6, 6.07) is 14.7. The van der Waals surface area contributed by atoms with Crippen LogP contribution in [-0.2, 0) is 19.4 Å². The van der Waals surface area contributed by atoms with Crippen LogP contribution in [0.15, 0.2) is 48.5 Å². The maximum absolute atomic E-state index is 12.5. The number of para-hydroxylation sites is 2. The zero-order chi connectivity index (χ0) is 22.4. The summed E-state index contributed by atoms with van der Waals surface area (Å²) >= 11 is 0. The van der Waals surface area contributed by atoms with Crippen molar-refractivity contribution < 1.29 is 22.7 Å². The number of hydrogen-bond donors (Lipinski definition) is 1. The first-order valence-electron chi connectivity index (χ1n) is 10.00. The molecule has 0 aliphatic carbocycles. The third-order valence-electron chi connectivity index (χ3n) is 5.09. The van der Waals surface area contributed by atoms with E-state index < -0.39 is 33.2 Å². The molecular formula is C22H27N3O5S. The van der Waals surface area contributed by atoms with E-state index in [9.17, 15) is 18.0 Å². The Hall–Kier alpha value is -3.07. The van der Waals surface area contributed by atoms with Gasteiger partial charge in [-0.1, -0.05) is 29.8 Å². The summed E-state index contributed by atoms with van der Waals surface area (Å²) in [5.41, 5.74) is 2.49. The first kappa shape index (κ1) is 22.6. The number of piperazine rings is 1. The molecule has 2 aromatic rings. The van der Waals surface area contributed by atoms with Crippen molar-refractivity contribution in [2.45, 2.75) is 6.92 Å². The number of hydrogen-bond acceptors (Lipinski definition) is 6. The van der Waals surface area contributed by atoms with E-state index in [0.29, 0.717) is 31.9 Å². The fourth-order valence-corrected chi connectivity index (χ4v) is 4.58. The summed E-state index contributed by atoms with van der Waals surface area (Å²) in [7, 11) is -2.26. The van der Waals surface area contributed by atoms with Crippen molar-refractivity contribution in [3.8, 4) is 5.75 Å². The quantitative estimate of drug-likeness (QED) is 0.697. The molecule has 0 aromatic heterocycles. The molecule has 0 atom stereocenters. The summed E-state index contributed by atoms with van der Waals surface area (Å²) in [5, 5.41) is 2.55. The van der Waals surface area contributed by atoms with Crippen molar-refractivity contribution in [3.05, 3.63) is 54.1 Å². The molecule has 0 bridgehead atoms. The third-order valence-corrected chi connectivity index (χ3v) is 6.48. The summed E-state index contributed by atoms with van der Waals surface area (Å²) < 4.78 is 30.1. The summed E-state index contributed by atoms with van der Waals surface area (Å²) in [6.07, 6.45) is 0. The lowest BCUT2D eigenvalue weighted by molar-refractivity contribution is -0.128. The first-order valence-corrected chi connectivity index (χ1v) is 11.8. The highest BCUT2D eigenvalue weighted by atomic mass is 32.2. The standard InChI is InChI=1S/C22H27N3O5S/c1-17-7-9-18(10-8-17)23-21(26)15-31(28,29)16-22(27)25-13-11-24(12-14-25)19-5-3-4-6-20(19)30-2/h3-10H,11-16H2,1-2H3,(H,23,26). The van der Waals surface area contributed by atoms with Gasteiger partial charge in [-0.25, -0.2) is 8.42 Å². The van der Waals surface area contributed by atoms with Gasteiger partial charge in [0, 0.05) is 31.9 Å². The van der Waals surface area contributed by atoms with Gasteiger partial charge in [-0.05, 0) is 31.2 Å². The van der Waals surface area contributed by atoms with E-state index in [-0.39, 0.29) is 0 Å². The van der Waals surface area contributed by atoms with Crippen LogP contribution < -0.4 is 15.0 Å². The Balaban J connectivity index is 1.51. The number of nitrogens with zero attached hydrogens (tertiary/aromatic N) is 2. The van der Waals surface area contributed by atoms with E-state index in [4.69, 9.17) is 4.74 Å². The Morgan fingerprint density at radius 1 is 0.968 bits per heavy atom. The maximum atomic E-state index is 12.5. The molecule has 0 spiro atoms. The number of sulfone groups is 1. The molecule has 1 N–H and O–H groups in total. The van der Waals surface area contributed by atoms with Gasteiger partial charge in [0.15, 0.2) is 9.84 Å². The largest absolute Gasteiger partial charge is 0.495 e. The number of carbonyl (C=O) groups excluding carboxylic acids is 2. The van der Waals surface area contributed by atoms with Gasteiger partial charge in [0.2, 0.25) is 11.8 Å². The lowest BCUT2D eigenvalue weighted by Crippen LogP contribution is -2.50. The summed E-state index contributed by atoms with van der Waals surface area (Å²) in [4.78, 5) is 28.3. The second-order valence-electron chi connectivity index (χ2n) is 7.49. The molecule has 2 aromatic carbocycles. The number of amides is 2. The molecule has 0 unspecified atom stereocenters. The highest BCUT2D eigenvalue weighted by Crippen LogP contribution is 2.28. The Labute approximate surface area is 182 Å². The average molecular weight is 446 g/mol. The number of ether oxygens (including phenoxy) is 1. The monoisotopic (exact) mass is 445 g/mol. The molecule has 0 saturated carbocycles. The Bertz CT molecular complexity index is 1030. The van der Waals surface area contributed by atoms with Crippen LogP contribution >= 0.6 is 0 Å². The second-order valence-corrected chi connectivity index (χ2v) is 9.55. The molecule has 8 nitrogen and oxygen atoms in total. The van der Waals surface area contributed by atoms with Gasteiger partial charge in [0.05, 0.1) is 12.8 Å². The lowest BCUT2D eigenvalue weighted by atomic mass is 10.2. The van der Waals surface area contributed by atoms with Crippen LogP contribution in [0.3, 0.4) is 0 Å². The summed E-state index contributed by atoms with van der Waals surface area (Å²) in [6.45, 7) is 3.86. The van der Waals surface area contributed by atoms with E-state index >= 15 is 0 Å². The molecule has 1 aliphatic rings. The van der Waals surface area contributed by atoms with E-state index in [1.165, 1.54) is 4.90 Å². The summed E-state index contributed by atoms with van der Waals surface area (Å²) in [5.74, 6) is -1.79. The van der Waals surface area contributed by atoms with Crippen molar-refractivity contribution in [1.29, 1.82) is 0 Å². The number of anilines is 2. The number of aryl methyl sites for hydroxylation is 1. The minimum Gasteiger partial charge on any atom is -0.495 e. The van der Waals surface area contributed by atoms with Gasteiger partial charge in [-0.3, -0.25) is 9.59 Å². The number of nitrogens with one attached hydrogen (secondary N) is 1. The fourth-order valence-electron chi connectivity index (χ4n) is 3.45. The van der Waals surface area contributed by atoms with Crippen LogP contribution in [0.25, 0.3) is 0 Å². The van der Waals surface area contributed by atoms with Gasteiger partial charge in [-0.2, -0.15) is 0 Å². The average Bonchev–Trinajstić information content (AvgIpc) is 2.74. The van der Waals surface area contributed by atoms with E-state index in [2.05, 4.69) is 10.2 Å². The molecule has 0 radical (unpaired) electrons. The highest BCUT2D eigenvalue weighted by Gasteiger charge is 2.27. The third kappa shape index (κ3) is 6.21.